The lowest BCUT2D eigenvalue weighted by Gasteiger charge is -2.12. The van der Waals surface area contributed by atoms with Crippen molar-refractivity contribution in [3.63, 3.8) is 0 Å². The summed E-state index contributed by atoms with van der Waals surface area (Å²) in [5.74, 6) is -0.999. The standard InChI is InChI=1S/C12H16O3S/c1-4-10(12(13)14)16(15)11-6-5-8(2)7-9(11)3/h5-7,10H,4H2,1-3H3,(H,13,14)/t10-,16-/m0/s1. The van der Waals surface area contributed by atoms with Gasteiger partial charge in [-0.3, -0.25) is 9.00 Å². The summed E-state index contributed by atoms with van der Waals surface area (Å²) in [5.41, 5.74) is 1.97. The number of hydrogen-bond donors (Lipinski definition) is 1. The molecule has 2 atom stereocenters. The fraction of sp³-hybridized carbons (Fsp3) is 0.417. The van der Waals surface area contributed by atoms with Crippen LogP contribution in [0.4, 0.5) is 0 Å². The molecule has 0 saturated heterocycles. The van der Waals surface area contributed by atoms with Crippen molar-refractivity contribution >= 4 is 16.8 Å². The lowest BCUT2D eigenvalue weighted by molar-refractivity contribution is -0.136. The molecule has 88 valence electrons. The smallest absolute Gasteiger partial charge is 0.319 e. The van der Waals surface area contributed by atoms with Gasteiger partial charge < -0.3 is 5.11 Å². The lowest BCUT2D eigenvalue weighted by Crippen LogP contribution is -2.25. The number of carboxylic acid groups (broad SMARTS) is 1. The van der Waals surface area contributed by atoms with Crippen LogP contribution in [0.2, 0.25) is 0 Å². The van der Waals surface area contributed by atoms with E-state index in [1.165, 1.54) is 0 Å². The van der Waals surface area contributed by atoms with Crippen molar-refractivity contribution in [1.82, 2.24) is 0 Å². The summed E-state index contributed by atoms with van der Waals surface area (Å²) < 4.78 is 12.1. The zero-order valence-corrected chi connectivity index (χ0v) is 10.5. The summed E-state index contributed by atoms with van der Waals surface area (Å²) in [6.45, 7) is 5.54. The minimum absolute atomic E-state index is 0.370. The number of carbonyl (C=O) groups is 1. The highest BCUT2D eigenvalue weighted by molar-refractivity contribution is 7.86. The molecule has 0 aliphatic carbocycles. The maximum atomic E-state index is 12.1. The normalized spacial score (nSPS) is 14.4. The second-order valence-corrected chi connectivity index (χ2v) is 5.41. The molecule has 16 heavy (non-hydrogen) atoms. The predicted octanol–water partition coefficient (Wildman–Crippen LogP) is 2.27. The average molecular weight is 240 g/mol. The Balaban J connectivity index is 3.09. The summed E-state index contributed by atoms with van der Waals surface area (Å²) in [4.78, 5) is 11.6. The highest BCUT2D eigenvalue weighted by Gasteiger charge is 2.24. The summed E-state index contributed by atoms with van der Waals surface area (Å²) in [6.07, 6.45) is 0.370. The lowest BCUT2D eigenvalue weighted by atomic mass is 10.2. The second kappa shape index (κ2) is 5.25. The van der Waals surface area contributed by atoms with E-state index >= 15 is 0 Å². The number of aryl methyl sites for hydroxylation is 2. The summed E-state index contributed by atoms with van der Waals surface area (Å²) in [6, 6.07) is 5.53. The monoisotopic (exact) mass is 240 g/mol. The quantitative estimate of drug-likeness (QED) is 0.878. The molecule has 0 heterocycles. The van der Waals surface area contributed by atoms with E-state index in [4.69, 9.17) is 5.11 Å². The predicted molar refractivity (Wildman–Crippen MR) is 64.0 cm³/mol. The van der Waals surface area contributed by atoms with Gasteiger partial charge in [0.1, 0.15) is 5.25 Å². The van der Waals surface area contributed by atoms with Crippen molar-refractivity contribution in [3.8, 4) is 0 Å². The van der Waals surface area contributed by atoms with Crippen LogP contribution in [-0.4, -0.2) is 20.5 Å². The largest absolute Gasteiger partial charge is 0.480 e. The summed E-state index contributed by atoms with van der Waals surface area (Å²) in [7, 11) is -1.47. The third kappa shape index (κ3) is 2.70. The van der Waals surface area contributed by atoms with Crippen molar-refractivity contribution in [2.24, 2.45) is 0 Å². The van der Waals surface area contributed by atoms with Crippen LogP contribution < -0.4 is 0 Å². The molecule has 0 fully saturated rings. The number of benzene rings is 1. The van der Waals surface area contributed by atoms with E-state index in [0.717, 1.165) is 11.1 Å². The zero-order valence-electron chi connectivity index (χ0n) is 9.69. The third-order valence-electron chi connectivity index (χ3n) is 2.45. The van der Waals surface area contributed by atoms with Crippen LogP contribution in [0.1, 0.15) is 24.5 Å². The van der Waals surface area contributed by atoms with Crippen LogP contribution in [0.5, 0.6) is 0 Å². The SMILES string of the molecule is CC[C@@H](C(=O)O)[S@](=O)c1ccc(C)cc1C. The Hall–Kier alpha value is -1.16. The zero-order chi connectivity index (χ0) is 12.3. The number of carboxylic acids is 1. The van der Waals surface area contributed by atoms with Crippen molar-refractivity contribution in [2.45, 2.75) is 37.3 Å². The Morgan fingerprint density at radius 1 is 1.44 bits per heavy atom. The summed E-state index contributed by atoms with van der Waals surface area (Å²) >= 11 is 0. The Morgan fingerprint density at radius 2 is 2.06 bits per heavy atom. The fourth-order valence-electron chi connectivity index (χ4n) is 1.60. The number of aliphatic carboxylic acids is 1. The van der Waals surface area contributed by atoms with Crippen LogP contribution in [0.25, 0.3) is 0 Å². The molecule has 0 aromatic heterocycles. The van der Waals surface area contributed by atoms with Crippen LogP contribution in [0.15, 0.2) is 23.1 Å². The molecule has 0 aliphatic heterocycles. The molecule has 4 heteroatoms. The molecular weight excluding hydrogens is 224 g/mol. The number of hydrogen-bond acceptors (Lipinski definition) is 2. The van der Waals surface area contributed by atoms with E-state index < -0.39 is 22.0 Å². The van der Waals surface area contributed by atoms with Gasteiger partial charge >= 0.3 is 5.97 Å². The van der Waals surface area contributed by atoms with E-state index in [-0.39, 0.29) is 0 Å². The molecule has 0 saturated carbocycles. The van der Waals surface area contributed by atoms with Gasteiger partial charge in [0.05, 0.1) is 10.8 Å². The van der Waals surface area contributed by atoms with Gasteiger partial charge in [-0.25, -0.2) is 0 Å². The van der Waals surface area contributed by atoms with Crippen molar-refractivity contribution in [2.75, 3.05) is 0 Å². The Kier molecular flexibility index (Phi) is 4.24. The van der Waals surface area contributed by atoms with Gasteiger partial charge in [-0.1, -0.05) is 24.6 Å². The molecule has 1 aromatic rings. The highest BCUT2D eigenvalue weighted by Crippen LogP contribution is 2.19. The van der Waals surface area contributed by atoms with Crippen LogP contribution in [0.3, 0.4) is 0 Å². The number of rotatable bonds is 4. The van der Waals surface area contributed by atoms with Gasteiger partial charge in [-0.15, -0.1) is 0 Å². The summed E-state index contributed by atoms with van der Waals surface area (Å²) in [5, 5.41) is 8.14. The average Bonchev–Trinajstić information content (AvgIpc) is 2.17. The van der Waals surface area contributed by atoms with Crippen LogP contribution in [-0.2, 0) is 15.6 Å². The third-order valence-corrected chi connectivity index (χ3v) is 4.40. The first kappa shape index (κ1) is 12.9. The minimum atomic E-state index is -1.47. The van der Waals surface area contributed by atoms with Gasteiger partial charge in [0.25, 0.3) is 0 Å². The van der Waals surface area contributed by atoms with Gasteiger partial charge in [0, 0.05) is 4.90 Å². The molecule has 0 unspecified atom stereocenters. The second-order valence-electron chi connectivity index (χ2n) is 3.80. The maximum Gasteiger partial charge on any atom is 0.319 e. The molecule has 1 aromatic carbocycles. The first-order valence-corrected chi connectivity index (χ1v) is 6.39. The topological polar surface area (TPSA) is 54.4 Å². The van der Waals surface area contributed by atoms with Gasteiger partial charge in [0.2, 0.25) is 0 Å². The van der Waals surface area contributed by atoms with E-state index in [9.17, 15) is 9.00 Å². The molecule has 0 spiro atoms. The molecular formula is C12H16O3S. The minimum Gasteiger partial charge on any atom is -0.480 e. The van der Waals surface area contributed by atoms with Crippen LogP contribution >= 0.6 is 0 Å². The van der Waals surface area contributed by atoms with Gasteiger partial charge in [-0.2, -0.15) is 0 Å². The van der Waals surface area contributed by atoms with Gasteiger partial charge in [0.15, 0.2) is 0 Å². The molecule has 1 N–H and O–H groups in total. The van der Waals surface area contributed by atoms with Crippen molar-refractivity contribution < 1.29 is 14.1 Å². The molecule has 0 bridgehead atoms. The molecule has 3 nitrogen and oxygen atoms in total. The molecule has 1 rings (SSSR count). The molecule has 0 amide bonds. The Morgan fingerprint density at radius 3 is 2.50 bits per heavy atom. The van der Waals surface area contributed by atoms with E-state index in [0.29, 0.717) is 11.3 Å². The van der Waals surface area contributed by atoms with Crippen LogP contribution in [0, 0.1) is 13.8 Å². The maximum absolute atomic E-state index is 12.1. The fourth-order valence-corrected chi connectivity index (χ4v) is 2.97. The Bertz CT molecular complexity index is 426. The first-order chi connectivity index (χ1) is 7.47. The van der Waals surface area contributed by atoms with E-state index in [2.05, 4.69) is 0 Å². The molecule has 0 aliphatic rings. The first-order valence-electron chi connectivity index (χ1n) is 5.18. The van der Waals surface area contributed by atoms with Crippen molar-refractivity contribution in [1.29, 1.82) is 0 Å². The Labute approximate surface area is 98.0 Å². The molecule has 0 radical (unpaired) electrons. The van der Waals surface area contributed by atoms with E-state index in [1.54, 1.807) is 13.0 Å². The highest BCUT2D eigenvalue weighted by atomic mass is 32.2. The van der Waals surface area contributed by atoms with Crippen molar-refractivity contribution in [3.05, 3.63) is 29.3 Å². The van der Waals surface area contributed by atoms with E-state index in [1.807, 2.05) is 26.0 Å². The van der Waals surface area contributed by atoms with Gasteiger partial charge in [-0.05, 0) is 31.9 Å².